The second-order valence-electron chi connectivity index (χ2n) is 12.5. The molecule has 0 radical (unpaired) electrons. The Kier molecular flexibility index (Phi) is 12.7. The van der Waals surface area contributed by atoms with Gasteiger partial charge in [-0.3, -0.25) is 9.52 Å². The maximum Gasteiger partial charge on any atom is 0.280 e. The minimum absolute atomic E-state index is 0.0145. The fraction of sp³-hybridized carbons (Fsp3) is 0.515. The van der Waals surface area contributed by atoms with Crippen LogP contribution in [0, 0.1) is 5.92 Å². The van der Waals surface area contributed by atoms with Crippen LogP contribution >= 0.6 is 0 Å². The molecule has 1 amide bonds. The Labute approximate surface area is 289 Å². The number of aromatic nitrogens is 2. The van der Waals surface area contributed by atoms with Gasteiger partial charge in [0.25, 0.3) is 15.9 Å². The van der Waals surface area contributed by atoms with Gasteiger partial charge in [0, 0.05) is 51.6 Å². The van der Waals surface area contributed by atoms with Gasteiger partial charge in [0.05, 0.1) is 48.8 Å². The maximum absolute atomic E-state index is 14.4. The number of carbonyl (C=O) groups is 1. The molecule has 1 aliphatic heterocycles. The number of hydrogen-bond donors (Lipinski definition) is 2. The molecule has 16 heteroatoms. The summed E-state index contributed by atoms with van der Waals surface area (Å²) in [6.45, 7) is 5.58. The van der Waals surface area contributed by atoms with E-state index in [9.17, 15) is 26.7 Å². The van der Waals surface area contributed by atoms with Crippen LogP contribution in [0.15, 0.2) is 64.9 Å². The van der Waals surface area contributed by atoms with Crippen LogP contribution in [-0.4, -0.2) is 105 Å². The van der Waals surface area contributed by atoms with Crippen LogP contribution in [0.4, 0.5) is 5.69 Å². The van der Waals surface area contributed by atoms with Crippen LogP contribution in [0.3, 0.4) is 0 Å². The molecule has 14 nitrogen and oxygen atoms in total. The number of amides is 1. The van der Waals surface area contributed by atoms with Gasteiger partial charge in [-0.1, -0.05) is 6.92 Å². The monoisotopic (exact) mass is 721 g/mol. The lowest BCUT2D eigenvalue weighted by Gasteiger charge is -2.35. The van der Waals surface area contributed by atoms with Crippen molar-refractivity contribution < 1.29 is 40.9 Å². The fourth-order valence-electron chi connectivity index (χ4n) is 5.46. The first-order chi connectivity index (χ1) is 23.2. The van der Waals surface area contributed by atoms with Gasteiger partial charge in [-0.05, 0) is 75.6 Å². The molecule has 0 spiro atoms. The molecule has 270 valence electrons. The summed E-state index contributed by atoms with van der Waals surface area (Å²) in [5, 5.41) is 10.0. The van der Waals surface area contributed by atoms with E-state index in [1.54, 1.807) is 32.2 Å². The zero-order chi connectivity index (χ0) is 35.9. The summed E-state index contributed by atoms with van der Waals surface area (Å²) in [5.74, 6) is -0.0735. The van der Waals surface area contributed by atoms with Crippen molar-refractivity contribution in [3.8, 4) is 11.5 Å². The smallest absolute Gasteiger partial charge is 0.280 e. The van der Waals surface area contributed by atoms with Gasteiger partial charge in [0.1, 0.15) is 11.5 Å². The number of aryl methyl sites for hydroxylation is 1. The van der Waals surface area contributed by atoms with E-state index < -0.39 is 38.1 Å². The van der Waals surface area contributed by atoms with E-state index >= 15 is 0 Å². The first-order valence-corrected chi connectivity index (χ1v) is 19.0. The van der Waals surface area contributed by atoms with E-state index in [0.717, 1.165) is 6.42 Å². The zero-order valence-corrected chi connectivity index (χ0v) is 30.4. The predicted octanol–water partition coefficient (Wildman–Crippen LogP) is 3.35. The standard InChI is InChI=1S/C33H47N5O9S2/c1-23-18-38(24(2)21-39)33(40)29-17-26(35-48(41,42)32-20-36(4)22-34-32)10-15-30(29)47-25(3)9-7-8-16-46-31(23)19-37(5)49(43,44)28-13-11-27(45-6)12-14-28/h10-15,17,20,22-25,31,35,39H,7-9,16,18-19,21H2,1-6H3/t23-,24-,25+,31+/m0/s1. The molecule has 0 saturated carbocycles. The first kappa shape index (κ1) is 38.1. The molecule has 2 aromatic carbocycles. The maximum atomic E-state index is 14.4. The summed E-state index contributed by atoms with van der Waals surface area (Å²) < 4.78 is 76.1. The number of aliphatic hydroxyl groups is 1. The van der Waals surface area contributed by atoms with E-state index in [2.05, 4.69) is 9.71 Å². The number of sulfonamides is 2. The molecule has 4 atom stereocenters. The summed E-state index contributed by atoms with van der Waals surface area (Å²) in [6.07, 6.45) is 3.94. The molecule has 3 aromatic rings. The number of methoxy groups -OCH3 is 1. The quantitative estimate of drug-likeness (QED) is 0.317. The molecule has 0 aliphatic carbocycles. The number of ether oxygens (including phenoxy) is 3. The van der Waals surface area contributed by atoms with E-state index in [-0.39, 0.29) is 58.6 Å². The number of hydrogen-bond acceptors (Lipinski definition) is 10. The molecular weight excluding hydrogens is 675 g/mol. The normalized spacial score (nSPS) is 20.6. The Morgan fingerprint density at radius 2 is 1.84 bits per heavy atom. The van der Waals surface area contributed by atoms with Crippen molar-refractivity contribution in [1.82, 2.24) is 18.8 Å². The van der Waals surface area contributed by atoms with Gasteiger partial charge < -0.3 is 28.8 Å². The van der Waals surface area contributed by atoms with Crippen molar-refractivity contribution in [3.63, 3.8) is 0 Å². The highest BCUT2D eigenvalue weighted by Gasteiger charge is 2.33. The Morgan fingerprint density at radius 1 is 1.12 bits per heavy atom. The average molecular weight is 722 g/mol. The van der Waals surface area contributed by atoms with Crippen LogP contribution < -0.4 is 14.2 Å². The summed E-state index contributed by atoms with van der Waals surface area (Å²) in [5.41, 5.74) is 0.237. The predicted molar refractivity (Wildman–Crippen MR) is 184 cm³/mol. The van der Waals surface area contributed by atoms with Gasteiger partial charge in [0.2, 0.25) is 10.0 Å². The number of carbonyl (C=O) groups excluding carboxylic acids is 1. The molecule has 1 aromatic heterocycles. The van der Waals surface area contributed by atoms with Crippen molar-refractivity contribution in [2.75, 3.05) is 45.2 Å². The summed E-state index contributed by atoms with van der Waals surface area (Å²) in [7, 11) is -3.29. The third-order valence-corrected chi connectivity index (χ3v) is 11.6. The third kappa shape index (κ3) is 9.51. The topological polar surface area (TPSA) is 170 Å². The molecule has 2 heterocycles. The van der Waals surface area contributed by atoms with Crippen molar-refractivity contribution in [2.24, 2.45) is 13.0 Å². The van der Waals surface area contributed by atoms with E-state index in [4.69, 9.17) is 14.2 Å². The molecule has 0 unspecified atom stereocenters. The second-order valence-corrected chi connectivity index (χ2v) is 16.1. The van der Waals surface area contributed by atoms with E-state index in [1.165, 1.54) is 64.7 Å². The lowest BCUT2D eigenvalue weighted by atomic mass is 10.0. The highest BCUT2D eigenvalue weighted by Crippen LogP contribution is 2.30. The van der Waals surface area contributed by atoms with Crippen molar-refractivity contribution in [1.29, 1.82) is 0 Å². The van der Waals surface area contributed by atoms with Crippen LogP contribution in [0.25, 0.3) is 0 Å². The molecule has 49 heavy (non-hydrogen) atoms. The zero-order valence-electron chi connectivity index (χ0n) is 28.8. The number of imidazole rings is 1. The van der Waals surface area contributed by atoms with E-state index in [0.29, 0.717) is 25.2 Å². The van der Waals surface area contributed by atoms with Gasteiger partial charge in [-0.2, -0.15) is 12.7 Å². The largest absolute Gasteiger partial charge is 0.497 e. The second kappa shape index (κ2) is 16.3. The third-order valence-electron chi connectivity index (χ3n) is 8.46. The summed E-state index contributed by atoms with van der Waals surface area (Å²) >= 11 is 0. The van der Waals surface area contributed by atoms with Gasteiger partial charge >= 0.3 is 0 Å². The van der Waals surface area contributed by atoms with Crippen molar-refractivity contribution in [2.45, 2.75) is 68.2 Å². The van der Waals surface area contributed by atoms with Crippen molar-refractivity contribution in [3.05, 3.63) is 60.6 Å². The fourth-order valence-corrected chi connectivity index (χ4v) is 7.68. The molecule has 4 rings (SSSR count). The minimum Gasteiger partial charge on any atom is -0.497 e. The molecule has 1 aliphatic rings. The Balaban J connectivity index is 1.66. The SMILES string of the molecule is COc1ccc(S(=O)(=O)N(C)C[C@H]2OCCCC[C@@H](C)Oc3ccc(NS(=O)(=O)c4cn(C)cn4)cc3C(=O)N([C@@H](C)CO)C[C@@H]2C)cc1. The van der Waals surface area contributed by atoms with Gasteiger partial charge in [0.15, 0.2) is 5.03 Å². The number of benzene rings is 2. The highest BCUT2D eigenvalue weighted by molar-refractivity contribution is 7.92. The number of nitrogens with one attached hydrogen (secondary N) is 1. The Hall–Kier alpha value is -3.70. The molecule has 2 N–H and O–H groups in total. The van der Waals surface area contributed by atoms with Gasteiger partial charge in [-0.25, -0.2) is 13.4 Å². The first-order valence-electron chi connectivity index (χ1n) is 16.1. The lowest BCUT2D eigenvalue weighted by Crippen LogP contribution is -2.48. The number of anilines is 1. The Bertz CT molecular complexity index is 1780. The number of rotatable bonds is 10. The van der Waals surface area contributed by atoms with E-state index in [1.807, 2.05) is 13.8 Å². The van der Waals surface area contributed by atoms with Crippen LogP contribution in [0.2, 0.25) is 0 Å². The number of likely N-dealkylation sites (N-methyl/N-ethyl adjacent to an activating group) is 1. The summed E-state index contributed by atoms with van der Waals surface area (Å²) in [6, 6.07) is 9.98. The lowest BCUT2D eigenvalue weighted by molar-refractivity contribution is -0.00833. The van der Waals surface area contributed by atoms with Gasteiger partial charge in [-0.15, -0.1) is 0 Å². The van der Waals surface area contributed by atoms with Crippen LogP contribution in [-0.2, 0) is 31.8 Å². The molecule has 0 fully saturated rings. The molecule has 0 saturated heterocycles. The highest BCUT2D eigenvalue weighted by atomic mass is 32.2. The van der Waals surface area contributed by atoms with Crippen LogP contribution in [0.5, 0.6) is 11.5 Å². The minimum atomic E-state index is -4.06. The Morgan fingerprint density at radius 3 is 2.47 bits per heavy atom. The average Bonchev–Trinajstić information content (AvgIpc) is 3.53. The summed E-state index contributed by atoms with van der Waals surface area (Å²) in [4.78, 5) is 19.9. The number of aliphatic hydroxyl groups excluding tert-OH is 1. The van der Waals surface area contributed by atoms with Crippen molar-refractivity contribution >= 4 is 31.6 Å². The molecular formula is C33H47N5O9S2. The molecule has 0 bridgehead atoms. The number of fused-ring (bicyclic) bond motifs is 1. The van der Waals surface area contributed by atoms with Crippen LogP contribution in [0.1, 0.15) is 50.4 Å². The number of nitrogens with zero attached hydrogens (tertiary/aromatic N) is 4.